The van der Waals surface area contributed by atoms with Crippen LogP contribution in [0.25, 0.3) is 11.3 Å². The van der Waals surface area contributed by atoms with Gasteiger partial charge in [-0.2, -0.15) is 0 Å². The van der Waals surface area contributed by atoms with Gasteiger partial charge in [0.2, 0.25) is 0 Å². The Kier molecular flexibility index (Phi) is 3.87. The zero-order chi connectivity index (χ0) is 13.1. The summed E-state index contributed by atoms with van der Waals surface area (Å²) in [6.07, 6.45) is 2.51. The van der Waals surface area contributed by atoms with Gasteiger partial charge in [0.05, 0.1) is 12.0 Å². The molecule has 3 nitrogen and oxygen atoms in total. The molecule has 0 aliphatic carbocycles. The van der Waals surface area contributed by atoms with Crippen LogP contribution in [0.4, 0.5) is 0 Å². The molecule has 0 amide bonds. The van der Waals surface area contributed by atoms with Gasteiger partial charge >= 0.3 is 0 Å². The quantitative estimate of drug-likeness (QED) is 0.624. The van der Waals surface area contributed by atoms with Gasteiger partial charge < -0.3 is 4.57 Å². The first-order chi connectivity index (χ1) is 8.61. The maximum Gasteiger partial charge on any atom is 0.168 e. The first-order valence-electron chi connectivity index (χ1n) is 5.85. The fraction of sp³-hybridized carbons (Fsp3) is 0.286. The van der Waals surface area contributed by atoms with Crippen molar-refractivity contribution in [2.75, 3.05) is 0 Å². The molecule has 0 N–H and O–H groups in total. The van der Waals surface area contributed by atoms with E-state index in [9.17, 15) is 4.79 Å². The van der Waals surface area contributed by atoms with Crippen molar-refractivity contribution >= 4 is 18.0 Å². The Balaban J connectivity index is 2.31. The highest BCUT2D eigenvalue weighted by molar-refractivity contribution is 7.99. The second-order valence-corrected chi connectivity index (χ2v) is 6.05. The van der Waals surface area contributed by atoms with Crippen molar-refractivity contribution < 1.29 is 4.79 Å². The Labute approximate surface area is 111 Å². The first-order valence-corrected chi connectivity index (χ1v) is 6.73. The minimum atomic E-state index is 0.566. The minimum absolute atomic E-state index is 0.566. The molecule has 0 spiro atoms. The molecule has 18 heavy (non-hydrogen) atoms. The number of aryl methyl sites for hydroxylation is 1. The van der Waals surface area contributed by atoms with Crippen LogP contribution in [-0.4, -0.2) is 21.1 Å². The molecule has 4 heteroatoms. The molecule has 1 aromatic heterocycles. The predicted octanol–water partition coefficient (Wildman–Crippen LogP) is 3.40. The lowest BCUT2D eigenvalue weighted by atomic mass is 10.1. The van der Waals surface area contributed by atoms with Crippen LogP contribution in [0, 0.1) is 0 Å². The van der Waals surface area contributed by atoms with E-state index in [1.54, 1.807) is 10.9 Å². The SMILES string of the molecule is CC(C)Sc1ccc(-c2ncn(C)c2C=O)cc1. The highest BCUT2D eigenvalue weighted by Crippen LogP contribution is 2.27. The van der Waals surface area contributed by atoms with Crippen molar-refractivity contribution in [3.05, 3.63) is 36.3 Å². The van der Waals surface area contributed by atoms with Gasteiger partial charge in [0, 0.05) is 22.8 Å². The molecule has 2 aromatic rings. The number of hydrogen-bond donors (Lipinski definition) is 0. The molecule has 0 radical (unpaired) electrons. The monoisotopic (exact) mass is 260 g/mol. The second-order valence-electron chi connectivity index (χ2n) is 4.40. The number of nitrogens with zero attached hydrogens (tertiary/aromatic N) is 2. The number of thioether (sulfide) groups is 1. The summed E-state index contributed by atoms with van der Waals surface area (Å²) in [6, 6.07) is 8.17. The largest absolute Gasteiger partial charge is 0.331 e. The van der Waals surface area contributed by atoms with Crippen molar-refractivity contribution in [3.8, 4) is 11.3 Å². The van der Waals surface area contributed by atoms with E-state index in [1.165, 1.54) is 4.90 Å². The number of carbonyl (C=O) groups is 1. The normalized spacial score (nSPS) is 10.9. The lowest BCUT2D eigenvalue weighted by Gasteiger charge is -2.05. The molecular formula is C14H16N2OS. The first kappa shape index (κ1) is 12.9. The minimum Gasteiger partial charge on any atom is -0.331 e. The van der Waals surface area contributed by atoms with Crippen LogP contribution < -0.4 is 0 Å². The van der Waals surface area contributed by atoms with Crippen LogP contribution in [0.5, 0.6) is 0 Å². The molecule has 94 valence electrons. The Morgan fingerprint density at radius 3 is 2.50 bits per heavy atom. The average molecular weight is 260 g/mol. The fourth-order valence-electron chi connectivity index (χ4n) is 1.76. The van der Waals surface area contributed by atoms with Gasteiger partial charge in [-0.15, -0.1) is 11.8 Å². The summed E-state index contributed by atoms with van der Waals surface area (Å²) in [5.41, 5.74) is 2.33. The number of aromatic nitrogens is 2. The van der Waals surface area contributed by atoms with Gasteiger partial charge in [0.15, 0.2) is 6.29 Å². The third-order valence-corrected chi connectivity index (χ3v) is 3.61. The van der Waals surface area contributed by atoms with Crippen LogP contribution >= 0.6 is 11.8 Å². The van der Waals surface area contributed by atoms with Crippen LogP contribution in [0.3, 0.4) is 0 Å². The number of carbonyl (C=O) groups excluding carboxylic acids is 1. The Morgan fingerprint density at radius 1 is 1.28 bits per heavy atom. The van der Waals surface area contributed by atoms with Gasteiger partial charge in [-0.25, -0.2) is 4.98 Å². The smallest absolute Gasteiger partial charge is 0.168 e. The van der Waals surface area contributed by atoms with E-state index in [0.29, 0.717) is 10.9 Å². The zero-order valence-corrected chi connectivity index (χ0v) is 11.6. The Bertz CT molecular complexity index is 543. The topological polar surface area (TPSA) is 34.9 Å². The molecule has 0 bridgehead atoms. The molecule has 0 atom stereocenters. The molecule has 1 aromatic carbocycles. The summed E-state index contributed by atoms with van der Waals surface area (Å²) in [7, 11) is 1.82. The molecule has 0 unspecified atom stereocenters. The summed E-state index contributed by atoms with van der Waals surface area (Å²) in [4.78, 5) is 16.5. The lowest BCUT2D eigenvalue weighted by molar-refractivity contribution is 0.111. The molecule has 0 aliphatic heterocycles. The molecular weight excluding hydrogens is 244 g/mol. The van der Waals surface area contributed by atoms with E-state index < -0.39 is 0 Å². The molecule has 0 aliphatic rings. The zero-order valence-electron chi connectivity index (χ0n) is 10.8. The summed E-state index contributed by atoms with van der Waals surface area (Å²) < 4.78 is 1.74. The fourth-order valence-corrected chi connectivity index (χ4v) is 2.60. The van der Waals surface area contributed by atoms with Gasteiger partial charge in [-0.1, -0.05) is 26.0 Å². The van der Waals surface area contributed by atoms with Gasteiger partial charge in [-0.3, -0.25) is 4.79 Å². The second kappa shape index (κ2) is 5.40. The summed E-state index contributed by atoms with van der Waals surface area (Å²) in [5, 5.41) is 0.566. The number of aldehydes is 1. The van der Waals surface area contributed by atoms with Crippen molar-refractivity contribution in [1.82, 2.24) is 9.55 Å². The molecule has 0 saturated heterocycles. The van der Waals surface area contributed by atoms with E-state index in [4.69, 9.17) is 0 Å². The van der Waals surface area contributed by atoms with E-state index in [-0.39, 0.29) is 0 Å². The number of benzene rings is 1. The molecule has 2 rings (SSSR count). The van der Waals surface area contributed by atoms with E-state index in [1.807, 2.05) is 30.9 Å². The van der Waals surface area contributed by atoms with E-state index in [0.717, 1.165) is 17.5 Å². The summed E-state index contributed by atoms with van der Waals surface area (Å²) in [5.74, 6) is 0. The van der Waals surface area contributed by atoms with Crippen molar-refractivity contribution in [2.45, 2.75) is 24.0 Å². The van der Waals surface area contributed by atoms with E-state index >= 15 is 0 Å². The summed E-state index contributed by atoms with van der Waals surface area (Å²) in [6.45, 7) is 4.34. The lowest BCUT2D eigenvalue weighted by Crippen LogP contribution is -1.94. The number of imidazole rings is 1. The van der Waals surface area contributed by atoms with E-state index in [2.05, 4.69) is 31.0 Å². The molecule has 0 fully saturated rings. The van der Waals surface area contributed by atoms with Crippen molar-refractivity contribution in [2.24, 2.45) is 7.05 Å². The molecule has 0 saturated carbocycles. The third kappa shape index (κ3) is 2.64. The van der Waals surface area contributed by atoms with Gasteiger partial charge in [0.1, 0.15) is 5.69 Å². The van der Waals surface area contributed by atoms with Crippen LogP contribution in [-0.2, 0) is 7.05 Å². The van der Waals surface area contributed by atoms with Crippen LogP contribution in [0.15, 0.2) is 35.5 Å². The Hall–Kier alpha value is -1.55. The van der Waals surface area contributed by atoms with Crippen LogP contribution in [0.2, 0.25) is 0 Å². The maximum atomic E-state index is 11.0. The third-order valence-electron chi connectivity index (χ3n) is 2.59. The maximum absolute atomic E-state index is 11.0. The van der Waals surface area contributed by atoms with Crippen molar-refractivity contribution in [3.63, 3.8) is 0 Å². The van der Waals surface area contributed by atoms with Gasteiger partial charge in [0.25, 0.3) is 0 Å². The van der Waals surface area contributed by atoms with Crippen LogP contribution in [0.1, 0.15) is 24.3 Å². The average Bonchev–Trinajstić information content (AvgIpc) is 2.70. The highest BCUT2D eigenvalue weighted by Gasteiger charge is 2.10. The standard InChI is InChI=1S/C14H16N2OS/c1-10(2)18-12-6-4-11(5-7-12)14-13(8-17)16(3)9-15-14/h4-10H,1-3H3. The van der Waals surface area contributed by atoms with Crippen molar-refractivity contribution in [1.29, 1.82) is 0 Å². The predicted molar refractivity (Wildman–Crippen MR) is 75.0 cm³/mol. The molecule has 1 heterocycles. The Morgan fingerprint density at radius 2 is 1.94 bits per heavy atom. The number of hydrogen-bond acceptors (Lipinski definition) is 3. The summed E-state index contributed by atoms with van der Waals surface area (Å²) >= 11 is 1.82. The highest BCUT2D eigenvalue weighted by atomic mass is 32.2. The van der Waals surface area contributed by atoms with Gasteiger partial charge in [-0.05, 0) is 12.1 Å². The number of rotatable bonds is 4.